The van der Waals surface area contributed by atoms with Crippen molar-refractivity contribution in [3.8, 4) is 0 Å². The summed E-state index contributed by atoms with van der Waals surface area (Å²) >= 11 is 0. The van der Waals surface area contributed by atoms with Crippen molar-refractivity contribution in [3.63, 3.8) is 0 Å². The van der Waals surface area contributed by atoms with E-state index in [0.29, 0.717) is 0 Å². The molecule has 1 unspecified atom stereocenters. The lowest BCUT2D eigenvalue weighted by Crippen LogP contribution is -2.51. The molecule has 0 saturated heterocycles. The molecule has 1 rings (SSSR count). The van der Waals surface area contributed by atoms with Gasteiger partial charge in [-0.25, -0.2) is 0 Å². The summed E-state index contributed by atoms with van der Waals surface area (Å²) in [6, 6.07) is 10.5. The first-order chi connectivity index (χ1) is 8.58. The van der Waals surface area contributed by atoms with Crippen LogP contribution >= 0.6 is 0 Å². The highest BCUT2D eigenvalue weighted by atomic mass is 15.2. The molecule has 2 nitrogen and oxygen atoms in total. The second-order valence-corrected chi connectivity index (χ2v) is 4.59. The van der Waals surface area contributed by atoms with E-state index in [1.807, 2.05) is 19.9 Å². The van der Waals surface area contributed by atoms with Gasteiger partial charge in [0, 0.05) is 11.6 Å². The first-order valence-electron chi connectivity index (χ1n) is 7.06. The third kappa shape index (κ3) is 3.56. The van der Waals surface area contributed by atoms with Crippen LogP contribution in [0, 0.1) is 0 Å². The topological polar surface area (TPSA) is 29.3 Å². The Morgan fingerprint density at radius 3 is 1.83 bits per heavy atom. The fourth-order valence-corrected chi connectivity index (χ4v) is 2.57. The Bertz CT molecular complexity index is 302. The van der Waals surface area contributed by atoms with Crippen LogP contribution in [0.2, 0.25) is 0 Å². The first-order valence-corrected chi connectivity index (χ1v) is 7.06. The number of nitrogens with two attached hydrogens (primary N) is 1. The van der Waals surface area contributed by atoms with E-state index >= 15 is 0 Å². The van der Waals surface area contributed by atoms with E-state index < -0.39 is 0 Å². The monoisotopic (exact) mass is 250 g/mol. The number of benzene rings is 1. The maximum atomic E-state index is 6.45. The van der Waals surface area contributed by atoms with Gasteiger partial charge in [0.05, 0.1) is 0 Å². The van der Waals surface area contributed by atoms with Gasteiger partial charge in [-0.05, 0) is 32.5 Å². The summed E-state index contributed by atoms with van der Waals surface area (Å²) in [5, 5.41) is 0. The molecule has 0 amide bonds. The Labute approximate surface area is 113 Å². The molecule has 0 aliphatic rings. The minimum absolute atomic E-state index is 0.0569. The summed E-state index contributed by atoms with van der Waals surface area (Å²) in [6.45, 7) is 8.43. The van der Waals surface area contributed by atoms with Crippen LogP contribution < -0.4 is 5.73 Å². The van der Waals surface area contributed by atoms with Crippen LogP contribution in [0.3, 0.4) is 0 Å². The fraction of sp³-hybridized carbons (Fsp3) is 0.625. The first kappa shape index (κ1) is 17.1. The van der Waals surface area contributed by atoms with Gasteiger partial charge in [-0.1, -0.05) is 58.0 Å². The molecule has 1 aromatic rings. The van der Waals surface area contributed by atoms with E-state index in [1.54, 1.807) is 0 Å². The molecule has 0 aliphatic heterocycles. The van der Waals surface area contributed by atoms with Gasteiger partial charge >= 0.3 is 0 Å². The molecule has 104 valence electrons. The lowest BCUT2D eigenvalue weighted by molar-refractivity contribution is 0.106. The molecule has 0 radical (unpaired) electrons. The predicted molar refractivity (Wildman–Crippen MR) is 81.7 cm³/mol. The highest BCUT2D eigenvalue weighted by Gasteiger charge is 2.36. The Morgan fingerprint density at radius 1 is 1.06 bits per heavy atom. The molecular weight excluding hydrogens is 220 g/mol. The van der Waals surface area contributed by atoms with Crippen LogP contribution in [0.4, 0.5) is 0 Å². The zero-order chi connectivity index (χ0) is 14.2. The van der Waals surface area contributed by atoms with Crippen LogP contribution in [-0.4, -0.2) is 24.5 Å². The molecule has 0 bridgehead atoms. The zero-order valence-corrected chi connectivity index (χ0v) is 12.9. The van der Waals surface area contributed by atoms with Gasteiger partial charge in [0.2, 0.25) is 0 Å². The second kappa shape index (κ2) is 8.28. The molecule has 1 atom stereocenters. The molecule has 1 aromatic carbocycles. The van der Waals surface area contributed by atoms with Gasteiger partial charge in [-0.3, -0.25) is 0 Å². The SMILES string of the molecule is CC.CCC(CC)(C(N)c1ccccc1)N(C)C. The van der Waals surface area contributed by atoms with Crippen molar-refractivity contribution in [2.24, 2.45) is 5.73 Å². The number of hydrogen-bond donors (Lipinski definition) is 1. The van der Waals surface area contributed by atoms with Crippen molar-refractivity contribution >= 4 is 0 Å². The Hall–Kier alpha value is -0.860. The normalized spacial score (nSPS) is 12.9. The van der Waals surface area contributed by atoms with Crippen LogP contribution in [0.5, 0.6) is 0 Å². The minimum Gasteiger partial charge on any atom is -0.322 e. The Kier molecular flexibility index (Phi) is 7.88. The van der Waals surface area contributed by atoms with Gasteiger partial charge in [0.25, 0.3) is 0 Å². The Morgan fingerprint density at radius 2 is 1.50 bits per heavy atom. The predicted octanol–water partition coefficient (Wildman–Crippen LogP) is 3.83. The van der Waals surface area contributed by atoms with Gasteiger partial charge in [0.15, 0.2) is 0 Å². The van der Waals surface area contributed by atoms with E-state index in [4.69, 9.17) is 5.73 Å². The largest absolute Gasteiger partial charge is 0.322 e. The van der Waals surface area contributed by atoms with Crippen molar-refractivity contribution in [2.75, 3.05) is 14.1 Å². The van der Waals surface area contributed by atoms with E-state index in [9.17, 15) is 0 Å². The van der Waals surface area contributed by atoms with Crippen molar-refractivity contribution in [1.82, 2.24) is 4.90 Å². The minimum atomic E-state index is 0.0569. The number of rotatable bonds is 5. The lowest BCUT2D eigenvalue weighted by Gasteiger charge is -2.43. The van der Waals surface area contributed by atoms with E-state index in [-0.39, 0.29) is 11.6 Å². The average Bonchev–Trinajstić information content (AvgIpc) is 2.43. The van der Waals surface area contributed by atoms with Crippen LogP contribution in [0.15, 0.2) is 30.3 Å². The smallest absolute Gasteiger partial charge is 0.0481 e. The van der Waals surface area contributed by atoms with Gasteiger partial charge < -0.3 is 10.6 Å². The molecule has 0 spiro atoms. The van der Waals surface area contributed by atoms with E-state index in [2.05, 4.69) is 57.1 Å². The van der Waals surface area contributed by atoms with Gasteiger partial charge in [-0.2, -0.15) is 0 Å². The van der Waals surface area contributed by atoms with Gasteiger partial charge in [0.1, 0.15) is 0 Å². The number of hydrogen-bond acceptors (Lipinski definition) is 2. The van der Waals surface area contributed by atoms with Crippen molar-refractivity contribution in [3.05, 3.63) is 35.9 Å². The van der Waals surface area contributed by atoms with Crippen molar-refractivity contribution in [1.29, 1.82) is 0 Å². The summed E-state index contributed by atoms with van der Waals surface area (Å²) in [5.41, 5.74) is 7.73. The van der Waals surface area contributed by atoms with Crippen molar-refractivity contribution < 1.29 is 0 Å². The average molecular weight is 250 g/mol. The number of nitrogens with zero attached hydrogens (tertiary/aromatic N) is 1. The second-order valence-electron chi connectivity index (χ2n) is 4.59. The summed E-state index contributed by atoms with van der Waals surface area (Å²) in [4.78, 5) is 2.27. The summed E-state index contributed by atoms with van der Waals surface area (Å²) in [5.74, 6) is 0. The van der Waals surface area contributed by atoms with E-state index in [1.165, 1.54) is 5.56 Å². The summed E-state index contributed by atoms with van der Waals surface area (Å²) < 4.78 is 0. The molecule has 0 aliphatic carbocycles. The van der Waals surface area contributed by atoms with Gasteiger partial charge in [-0.15, -0.1) is 0 Å². The Balaban J connectivity index is 0.00000137. The molecule has 2 heteroatoms. The molecule has 18 heavy (non-hydrogen) atoms. The molecule has 0 aromatic heterocycles. The van der Waals surface area contributed by atoms with Crippen molar-refractivity contribution in [2.45, 2.75) is 52.1 Å². The third-order valence-electron chi connectivity index (χ3n) is 3.85. The summed E-state index contributed by atoms with van der Waals surface area (Å²) in [7, 11) is 4.24. The highest BCUT2D eigenvalue weighted by molar-refractivity contribution is 5.22. The number of likely N-dealkylation sites (N-methyl/N-ethyl adjacent to an activating group) is 1. The fourth-order valence-electron chi connectivity index (χ4n) is 2.57. The molecule has 0 fully saturated rings. The molecular formula is C16H30N2. The molecule has 0 heterocycles. The van der Waals surface area contributed by atoms with Crippen LogP contribution in [-0.2, 0) is 0 Å². The molecule has 2 N–H and O–H groups in total. The highest BCUT2D eigenvalue weighted by Crippen LogP contribution is 2.33. The molecule has 0 saturated carbocycles. The zero-order valence-electron chi connectivity index (χ0n) is 12.9. The quantitative estimate of drug-likeness (QED) is 0.860. The third-order valence-corrected chi connectivity index (χ3v) is 3.85. The standard InChI is InChI=1S/C14H24N2.C2H6/c1-5-14(6-2,16(3)4)13(15)12-10-8-7-9-11-12;1-2/h7-11,13H,5-6,15H2,1-4H3;1-2H3. The maximum Gasteiger partial charge on any atom is 0.0481 e. The lowest BCUT2D eigenvalue weighted by atomic mass is 9.80. The maximum absolute atomic E-state index is 6.45. The summed E-state index contributed by atoms with van der Waals surface area (Å²) in [6.07, 6.45) is 2.12. The van der Waals surface area contributed by atoms with Crippen LogP contribution in [0.25, 0.3) is 0 Å². The van der Waals surface area contributed by atoms with Crippen LogP contribution in [0.1, 0.15) is 52.1 Å². The van der Waals surface area contributed by atoms with E-state index in [0.717, 1.165) is 12.8 Å².